The van der Waals surface area contributed by atoms with Crippen LogP contribution in [0.4, 0.5) is 0 Å². The van der Waals surface area contributed by atoms with Crippen LogP contribution in [0.3, 0.4) is 0 Å². The van der Waals surface area contributed by atoms with Gasteiger partial charge in [-0.15, -0.1) is 11.3 Å². The van der Waals surface area contributed by atoms with Crippen LogP contribution in [0.2, 0.25) is 0 Å². The van der Waals surface area contributed by atoms with Crippen molar-refractivity contribution in [1.82, 2.24) is 0 Å². The molecule has 18 heavy (non-hydrogen) atoms. The number of rotatable bonds is 2. The lowest BCUT2D eigenvalue weighted by Crippen LogP contribution is -2.24. The van der Waals surface area contributed by atoms with Gasteiger partial charge in [0.25, 0.3) is 0 Å². The van der Waals surface area contributed by atoms with Crippen LogP contribution < -0.4 is 5.11 Å². The summed E-state index contributed by atoms with van der Waals surface area (Å²) in [5.74, 6) is -0.588. The summed E-state index contributed by atoms with van der Waals surface area (Å²) in [5.41, 5.74) is 3.96. The van der Waals surface area contributed by atoms with E-state index in [1.54, 1.807) is 11.3 Å². The molecule has 0 spiro atoms. The van der Waals surface area contributed by atoms with Crippen LogP contribution in [0.1, 0.15) is 58.8 Å². The second-order valence-electron chi connectivity index (χ2n) is 5.24. The van der Waals surface area contributed by atoms with Gasteiger partial charge in [0.1, 0.15) is 0 Å². The Morgan fingerprint density at radius 1 is 1.28 bits per heavy atom. The summed E-state index contributed by atoms with van der Waals surface area (Å²) in [6.07, 6.45) is 3.44. The molecule has 1 heterocycles. The normalized spacial score (nSPS) is 20.3. The molecule has 1 aliphatic rings. The maximum atomic E-state index is 11.4. The fourth-order valence-electron chi connectivity index (χ4n) is 3.09. The second kappa shape index (κ2) is 4.88. The van der Waals surface area contributed by atoms with Crippen molar-refractivity contribution in [2.24, 2.45) is 5.92 Å². The lowest BCUT2D eigenvalue weighted by atomic mass is 9.79. The van der Waals surface area contributed by atoms with Crippen molar-refractivity contribution in [1.29, 1.82) is 0 Å². The number of carboxylic acid groups (broad SMARTS) is 1. The molecule has 1 aromatic heterocycles. The highest BCUT2D eigenvalue weighted by Crippen LogP contribution is 2.42. The van der Waals surface area contributed by atoms with Crippen LogP contribution in [0.5, 0.6) is 0 Å². The van der Waals surface area contributed by atoms with Gasteiger partial charge in [-0.05, 0) is 51.5 Å². The van der Waals surface area contributed by atoms with E-state index in [0.717, 1.165) is 28.2 Å². The zero-order valence-electron chi connectivity index (χ0n) is 11.4. The zero-order valence-corrected chi connectivity index (χ0v) is 12.2. The minimum absolute atomic E-state index is 0.417. The second-order valence-corrected chi connectivity index (χ2v) is 6.67. The predicted octanol–water partition coefficient (Wildman–Crippen LogP) is 3.32. The predicted molar refractivity (Wildman–Crippen MR) is 73.7 cm³/mol. The number of aromatic carboxylic acids is 1. The fraction of sp³-hybridized carbons (Fsp3) is 0.533. The highest BCUT2D eigenvalue weighted by Gasteiger charge is 2.25. The van der Waals surface area contributed by atoms with Crippen LogP contribution in [0.15, 0.2) is 5.57 Å². The summed E-state index contributed by atoms with van der Waals surface area (Å²) in [6, 6.07) is 0. The lowest BCUT2D eigenvalue weighted by Gasteiger charge is -2.26. The van der Waals surface area contributed by atoms with Crippen molar-refractivity contribution < 1.29 is 9.90 Å². The fourth-order valence-corrected chi connectivity index (χ4v) is 4.15. The summed E-state index contributed by atoms with van der Waals surface area (Å²) in [6.45, 7) is 8.22. The Balaban J connectivity index is 2.67. The minimum atomic E-state index is -1.04. The van der Waals surface area contributed by atoms with Crippen molar-refractivity contribution >= 4 is 22.9 Å². The number of hydrogen-bond donors (Lipinski definition) is 0. The standard InChI is InChI=1S/C15H20O2S/c1-8-6-5-7-9(2)12(8)13-10(3)18-11(4)14(13)15(16)17/h8H,5-7H2,1-4H3,(H,16,17)/p-1/t8-/m1/s1. The van der Waals surface area contributed by atoms with E-state index in [0.29, 0.717) is 11.5 Å². The first kappa shape index (κ1) is 13.3. The van der Waals surface area contributed by atoms with Gasteiger partial charge in [-0.2, -0.15) is 0 Å². The molecule has 3 heteroatoms. The van der Waals surface area contributed by atoms with Gasteiger partial charge in [0.05, 0.1) is 5.97 Å². The summed E-state index contributed by atoms with van der Waals surface area (Å²) in [5, 5.41) is 11.4. The smallest absolute Gasteiger partial charge is 0.0732 e. The molecule has 0 aliphatic heterocycles. The Bertz CT molecular complexity index is 523. The SMILES string of the molecule is CC1=C(c2c(C)sc(C)c2C(=O)[O-])[C@H](C)CCC1. The van der Waals surface area contributed by atoms with Crippen molar-refractivity contribution in [3.05, 3.63) is 26.5 Å². The largest absolute Gasteiger partial charge is 0.545 e. The molecule has 0 radical (unpaired) electrons. The highest BCUT2D eigenvalue weighted by atomic mass is 32.1. The van der Waals surface area contributed by atoms with E-state index in [2.05, 4.69) is 13.8 Å². The third kappa shape index (κ3) is 2.12. The topological polar surface area (TPSA) is 40.1 Å². The van der Waals surface area contributed by atoms with Gasteiger partial charge in [0.15, 0.2) is 0 Å². The Labute approximate surface area is 112 Å². The Kier molecular flexibility index (Phi) is 3.62. The van der Waals surface area contributed by atoms with E-state index in [9.17, 15) is 9.90 Å². The quantitative estimate of drug-likeness (QED) is 0.821. The van der Waals surface area contributed by atoms with E-state index >= 15 is 0 Å². The molecule has 98 valence electrons. The van der Waals surface area contributed by atoms with Crippen LogP contribution in [0.25, 0.3) is 5.57 Å². The van der Waals surface area contributed by atoms with Gasteiger partial charge in [0, 0.05) is 20.9 Å². The van der Waals surface area contributed by atoms with Crippen molar-refractivity contribution in [2.75, 3.05) is 0 Å². The van der Waals surface area contributed by atoms with Gasteiger partial charge < -0.3 is 9.90 Å². The van der Waals surface area contributed by atoms with Crippen LogP contribution in [0, 0.1) is 19.8 Å². The van der Waals surface area contributed by atoms with E-state index in [4.69, 9.17) is 0 Å². The number of carbonyl (C=O) groups excluding carboxylic acids is 1. The molecule has 0 aromatic carbocycles. The average molecular weight is 263 g/mol. The highest BCUT2D eigenvalue weighted by molar-refractivity contribution is 7.12. The molecule has 1 aliphatic carbocycles. The number of aryl methyl sites for hydroxylation is 2. The number of hydrogen-bond acceptors (Lipinski definition) is 3. The average Bonchev–Trinajstić information content (AvgIpc) is 2.54. The van der Waals surface area contributed by atoms with Gasteiger partial charge in [-0.3, -0.25) is 0 Å². The summed E-state index contributed by atoms with van der Waals surface area (Å²) in [7, 11) is 0. The van der Waals surface area contributed by atoms with Gasteiger partial charge in [0.2, 0.25) is 0 Å². The molecule has 0 bridgehead atoms. The van der Waals surface area contributed by atoms with Crippen LogP contribution >= 0.6 is 11.3 Å². The molecular weight excluding hydrogens is 244 g/mol. The lowest BCUT2D eigenvalue weighted by molar-refractivity contribution is -0.255. The molecule has 0 amide bonds. The molecule has 1 atom stereocenters. The summed E-state index contributed by atoms with van der Waals surface area (Å²) >= 11 is 1.57. The van der Waals surface area contributed by atoms with Crippen LogP contribution in [-0.4, -0.2) is 5.97 Å². The number of thiophene rings is 1. The molecule has 2 nitrogen and oxygen atoms in total. The first-order chi connectivity index (χ1) is 8.43. The molecule has 0 saturated heterocycles. The van der Waals surface area contributed by atoms with Gasteiger partial charge in [-0.25, -0.2) is 0 Å². The first-order valence-electron chi connectivity index (χ1n) is 6.44. The van der Waals surface area contributed by atoms with E-state index in [1.807, 2.05) is 13.8 Å². The summed E-state index contributed by atoms with van der Waals surface area (Å²) < 4.78 is 0. The van der Waals surface area contributed by atoms with Gasteiger partial charge in [-0.1, -0.05) is 12.5 Å². The third-order valence-electron chi connectivity index (χ3n) is 3.88. The number of allylic oxidation sites excluding steroid dienone is 2. The molecule has 1 aromatic rings. The Hall–Kier alpha value is -1.09. The third-order valence-corrected chi connectivity index (χ3v) is 4.90. The summed E-state index contributed by atoms with van der Waals surface area (Å²) in [4.78, 5) is 13.4. The molecule has 2 rings (SSSR count). The van der Waals surface area contributed by atoms with Crippen molar-refractivity contribution in [3.8, 4) is 0 Å². The monoisotopic (exact) mass is 263 g/mol. The van der Waals surface area contributed by atoms with E-state index in [-0.39, 0.29) is 0 Å². The molecule has 0 unspecified atom stereocenters. The molecule has 0 N–H and O–H groups in total. The number of carbonyl (C=O) groups is 1. The Morgan fingerprint density at radius 2 is 1.94 bits per heavy atom. The zero-order chi connectivity index (χ0) is 13.4. The molecule has 0 fully saturated rings. The maximum Gasteiger partial charge on any atom is 0.0732 e. The van der Waals surface area contributed by atoms with Crippen molar-refractivity contribution in [2.45, 2.75) is 47.0 Å². The molecular formula is C15H19O2S-. The number of carboxylic acids is 1. The Morgan fingerprint density at radius 3 is 2.50 bits per heavy atom. The van der Waals surface area contributed by atoms with Gasteiger partial charge >= 0.3 is 0 Å². The van der Waals surface area contributed by atoms with Crippen molar-refractivity contribution in [3.63, 3.8) is 0 Å². The molecule has 0 saturated carbocycles. The maximum absolute atomic E-state index is 11.4. The van der Waals surface area contributed by atoms with Crippen LogP contribution in [-0.2, 0) is 0 Å². The minimum Gasteiger partial charge on any atom is -0.545 e. The van der Waals surface area contributed by atoms with E-state index in [1.165, 1.54) is 17.6 Å². The van der Waals surface area contributed by atoms with E-state index < -0.39 is 5.97 Å². The first-order valence-corrected chi connectivity index (χ1v) is 7.26.